The fourth-order valence-corrected chi connectivity index (χ4v) is 3.12. The van der Waals surface area contributed by atoms with Gasteiger partial charge in [0.15, 0.2) is 0 Å². The van der Waals surface area contributed by atoms with Gasteiger partial charge in [-0.3, -0.25) is 4.98 Å². The monoisotopic (exact) mass is 254 g/mol. The molecule has 2 nitrogen and oxygen atoms in total. The number of rotatable bonds is 3. The van der Waals surface area contributed by atoms with Gasteiger partial charge < -0.3 is 5.73 Å². The Labute approximate surface area is 110 Å². The molecule has 0 fully saturated rings. The fourth-order valence-electron chi connectivity index (χ4n) is 2.06. The molecule has 3 rings (SSSR count). The van der Waals surface area contributed by atoms with Crippen molar-refractivity contribution in [2.45, 2.75) is 12.5 Å². The molecule has 2 aromatic heterocycles. The van der Waals surface area contributed by atoms with Crippen LogP contribution in [-0.4, -0.2) is 4.98 Å². The molecule has 0 radical (unpaired) electrons. The predicted molar refractivity (Wildman–Crippen MR) is 76.7 cm³/mol. The van der Waals surface area contributed by atoms with Crippen molar-refractivity contribution in [2.75, 3.05) is 0 Å². The van der Waals surface area contributed by atoms with E-state index in [9.17, 15) is 0 Å². The zero-order chi connectivity index (χ0) is 12.4. The highest BCUT2D eigenvalue weighted by molar-refractivity contribution is 7.19. The largest absolute Gasteiger partial charge is 0.323 e. The minimum atomic E-state index is 0.0600. The van der Waals surface area contributed by atoms with Gasteiger partial charge in [0.1, 0.15) is 0 Å². The molecule has 18 heavy (non-hydrogen) atoms. The standard InChI is InChI=1S/C15H14N2S/c16-13(9-11-5-7-17-8-6-11)15-10-12-3-1-2-4-14(12)18-15/h1-8,10,13H,9,16H2. The molecule has 3 aromatic rings. The maximum Gasteiger partial charge on any atom is 0.0431 e. The van der Waals surface area contributed by atoms with Crippen molar-refractivity contribution in [3.63, 3.8) is 0 Å². The lowest BCUT2D eigenvalue weighted by Gasteiger charge is -2.08. The third-order valence-corrected chi connectivity index (χ3v) is 4.26. The van der Waals surface area contributed by atoms with Gasteiger partial charge in [0.05, 0.1) is 0 Å². The molecule has 1 aromatic carbocycles. The predicted octanol–water partition coefficient (Wildman–Crippen LogP) is 3.54. The molecule has 0 aliphatic carbocycles. The topological polar surface area (TPSA) is 38.9 Å². The highest BCUT2D eigenvalue weighted by atomic mass is 32.1. The number of aromatic nitrogens is 1. The highest BCUT2D eigenvalue weighted by Crippen LogP contribution is 2.30. The van der Waals surface area contributed by atoms with Gasteiger partial charge in [-0.15, -0.1) is 11.3 Å². The number of benzene rings is 1. The lowest BCUT2D eigenvalue weighted by Crippen LogP contribution is -2.11. The molecule has 0 bridgehead atoms. The Morgan fingerprint density at radius 2 is 1.89 bits per heavy atom. The number of thiophene rings is 1. The van der Waals surface area contributed by atoms with Crippen LogP contribution in [0, 0.1) is 0 Å². The molecule has 0 aliphatic rings. The summed E-state index contributed by atoms with van der Waals surface area (Å²) in [5, 5.41) is 1.28. The van der Waals surface area contributed by atoms with Crippen molar-refractivity contribution in [3.05, 3.63) is 65.3 Å². The summed E-state index contributed by atoms with van der Waals surface area (Å²) in [4.78, 5) is 5.27. The van der Waals surface area contributed by atoms with Gasteiger partial charge in [-0.25, -0.2) is 0 Å². The first-order valence-electron chi connectivity index (χ1n) is 5.96. The SMILES string of the molecule is NC(Cc1ccncc1)c1cc2ccccc2s1. The third kappa shape index (κ3) is 2.28. The zero-order valence-corrected chi connectivity index (χ0v) is 10.7. The Morgan fingerprint density at radius 1 is 1.11 bits per heavy atom. The second-order valence-corrected chi connectivity index (χ2v) is 5.47. The zero-order valence-electron chi connectivity index (χ0n) is 9.91. The lowest BCUT2D eigenvalue weighted by molar-refractivity contribution is 0.736. The average molecular weight is 254 g/mol. The van der Waals surface area contributed by atoms with Crippen LogP contribution < -0.4 is 5.73 Å². The third-order valence-electron chi connectivity index (χ3n) is 3.02. The van der Waals surface area contributed by atoms with Crippen LogP contribution in [-0.2, 0) is 6.42 Å². The van der Waals surface area contributed by atoms with Gasteiger partial charge in [0.2, 0.25) is 0 Å². The summed E-state index contributed by atoms with van der Waals surface area (Å²) in [5.74, 6) is 0. The molecule has 0 saturated heterocycles. The first-order valence-corrected chi connectivity index (χ1v) is 6.77. The van der Waals surface area contributed by atoms with Crippen LogP contribution in [0.5, 0.6) is 0 Å². The van der Waals surface area contributed by atoms with Crippen LogP contribution in [0.3, 0.4) is 0 Å². The summed E-state index contributed by atoms with van der Waals surface area (Å²) in [5.41, 5.74) is 7.51. The van der Waals surface area contributed by atoms with Gasteiger partial charge in [-0.05, 0) is 41.6 Å². The van der Waals surface area contributed by atoms with Gasteiger partial charge in [0.25, 0.3) is 0 Å². The molecule has 2 heterocycles. The van der Waals surface area contributed by atoms with E-state index in [0.717, 1.165) is 6.42 Å². The number of fused-ring (bicyclic) bond motifs is 1. The maximum atomic E-state index is 6.28. The average Bonchev–Trinajstić information content (AvgIpc) is 2.84. The van der Waals surface area contributed by atoms with E-state index < -0.39 is 0 Å². The number of nitrogens with zero attached hydrogens (tertiary/aromatic N) is 1. The molecule has 0 amide bonds. The summed E-state index contributed by atoms with van der Waals surface area (Å²) in [6.07, 6.45) is 4.48. The Bertz CT molecular complexity index is 613. The van der Waals surface area contributed by atoms with Crippen molar-refractivity contribution < 1.29 is 0 Å². The van der Waals surface area contributed by atoms with Crippen LogP contribution in [0.1, 0.15) is 16.5 Å². The highest BCUT2D eigenvalue weighted by Gasteiger charge is 2.10. The molecule has 0 saturated carbocycles. The van der Waals surface area contributed by atoms with E-state index in [0.29, 0.717) is 0 Å². The van der Waals surface area contributed by atoms with Crippen molar-refractivity contribution in [2.24, 2.45) is 5.73 Å². The Kier molecular flexibility index (Phi) is 3.09. The van der Waals surface area contributed by atoms with Gasteiger partial charge in [0, 0.05) is 28.0 Å². The first kappa shape index (κ1) is 11.4. The number of nitrogens with two attached hydrogens (primary N) is 1. The Hall–Kier alpha value is -1.71. The summed E-state index contributed by atoms with van der Waals surface area (Å²) in [6.45, 7) is 0. The number of hydrogen-bond donors (Lipinski definition) is 1. The second-order valence-electron chi connectivity index (χ2n) is 4.35. The summed E-state index contributed by atoms with van der Waals surface area (Å²) in [7, 11) is 0. The molecular formula is C15H14N2S. The molecule has 0 aliphatic heterocycles. The molecule has 1 atom stereocenters. The summed E-state index contributed by atoms with van der Waals surface area (Å²) < 4.78 is 1.30. The van der Waals surface area contributed by atoms with Crippen LogP contribution in [0.15, 0.2) is 54.9 Å². The van der Waals surface area contributed by atoms with E-state index in [1.165, 1.54) is 20.5 Å². The van der Waals surface area contributed by atoms with Crippen molar-refractivity contribution >= 4 is 21.4 Å². The van der Waals surface area contributed by atoms with Gasteiger partial charge in [-0.2, -0.15) is 0 Å². The van der Waals surface area contributed by atoms with Crippen molar-refractivity contribution in [3.8, 4) is 0 Å². The normalized spacial score (nSPS) is 12.7. The van der Waals surface area contributed by atoms with E-state index in [2.05, 4.69) is 35.3 Å². The lowest BCUT2D eigenvalue weighted by atomic mass is 10.1. The summed E-state index contributed by atoms with van der Waals surface area (Å²) in [6, 6.07) is 14.7. The molecule has 0 spiro atoms. The quantitative estimate of drug-likeness (QED) is 0.776. The maximum absolute atomic E-state index is 6.28. The molecule has 90 valence electrons. The van der Waals surface area contributed by atoms with Gasteiger partial charge >= 0.3 is 0 Å². The van der Waals surface area contributed by atoms with Crippen LogP contribution >= 0.6 is 11.3 Å². The van der Waals surface area contributed by atoms with Crippen LogP contribution in [0.2, 0.25) is 0 Å². The van der Waals surface area contributed by atoms with Crippen LogP contribution in [0.25, 0.3) is 10.1 Å². The Morgan fingerprint density at radius 3 is 2.67 bits per heavy atom. The van der Waals surface area contributed by atoms with E-state index in [-0.39, 0.29) is 6.04 Å². The van der Waals surface area contributed by atoms with Crippen LogP contribution in [0.4, 0.5) is 0 Å². The minimum absolute atomic E-state index is 0.0600. The molecule has 1 unspecified atom stereocenters. The van der Waals surface area contributed by atoms with E-state index in [4.69, 9.17) is 5.73 Å². The summed E-state index contributed by atoms with van der Waals surface area (Å²) >= 11 is 1.78. The molecule has 3 heteroatoms. The number of hydrogen-bond acceptors (Lipinski definition) is 3. The second kappa shape index (κ2) is 4.88. The minimum Gasteiger partial charge on any atom is -0.323 e. The van der Waals surface area contributed by atoms with Gasteiger partial charge in [-0.1, -0.05) is 18.2 Å². The van der Waals surface area contributed by atoms with Crippen molar-refractivity contribution in [1.29, 1.82) is 0 Å². The van der Waals surface area contributed by atoms with E-state index in [1.54, 1.807) is 11.3 Å². The Balaban J connectivity index is 1.86. The molecule has 2 N–H and O–H groups in total. The fraction of sp³-hybridized carbons (Fsp3) is 0.133. The van der Waals surface area contributed by atoms with Crippen molar-refractivity contribution in [1.82, 2.24) is 4.98 Å². The smallest absolute Gasteiger partial charge is 0.0431 e. The first-order chi connectivity index (χ1) is 8.83. The van der Waals surface area contributed by atoms with E-state index >= 15 is 0 Å². The molecular weight excluding hydrogens is 240 g/mol. The van der Waals surface area contributed by atoms with E-state index in [1.807, 2.05) is 24.5 Å². The number of pyridine rings is 1.